The van der Waals surface area contributed by atoms with Gasteiger partial charge in [-0.3, -0.25) is 0 Å². The zero-order chi connectivity index (χ0) is 14.0. The summed E-state index contributed by atoms with van der Waals surface area (Å²) >= 11 is 12.4. The highest BCUT2D eigenvalue weighted by molar-refractivity contribution is 6.33. The molecule has 2 rings (SSSR count). The summed E-state index contributed by atoms with van der Waals surface area (Å²) in [5.41, 5.74) is 1.45. The van der Waals surface area contributed by atoms with E-state index in [1.165, 1.54) is 25.7 Å². The number of hydrogen-bond acceptors (Lipinski definition) is 1. The van der Waals surface area contributed by atoms with Gasteiger partial charge >= 0.3 is 0 Å². The molecule has 0 spiro atoms. The summed E-state index contributed by atoms with van der Waals surface area (Å²) < 4.78 is 0. The van der Waals surface area contributed by atoms with Crippen LogP contribution in [0.3, 0.4) is 0 Å². The summed E-state index contributed by atoms with van der Waals surface area (Å²) in [6, 6.07) is 6.46. The van der Waals surface area contributed by atoms with E-state index in [1.54, 1.807) is 0 Å². The average molecular weight is 300 g/mol. The number of rotatable bonds is 3. The van der Waals surface area contributed by atoms with Gasteiger partial charge in [-0.1, -0.05) is 49.9 Å². The minimum absolute atomic E-state index is 0.230. The molecule has 1 N–H and O–H groups in total. The number of hydrogen-bond donors (Lipinski definition) is 1. The Balaban J connectivity index is 2.12. The van der Waals surface area contributed by atoms with E-state index in [2.05, 4.69) is 26.1 Å². The predicted octanol–water partition coefficient (Wildman–Crippen LogP) is 5.61. The second kappa shape index (κ2) is 6.03. The van der Waals surface area contributed by atoms with Crippen molar-refractivity contribution in [2.24, 2.45) is 5.41 Å². The van der Waals surface area contributed by atoms with Crippen LogP contribution in [0.2, 0.25) is 10.0 Å². The summed E-state index contributed by atoms with van der Waals surface area (Å²) in [6.07, 6.45) is 5.20. The minimum atomic E-state index is 0.230. The monoisotopic (exact) mass is 299 g/mol. The van der Waals surface area contributed by atoms with Crippen LogP contribution in [-0.2, 0) is 0 Å². The van der Waals surface area contributed by atoms with Gasteiger partial charge in [-0.05, 0) is 48.9 Å². The number of halogens is 2. The van der Waals surface area contributed by atoms with Crippen LogP contribution < -0.4 is 5.32 Å². The molecule has 1 nitrogen and oxygen atoms in total. The SMILES string of the molecule is CC(NC1CCCCC1(C)C)c1cc(Cl)ccc1Cl. The van der Waals surface area contributed by atoms with Gasteiger partial charge in [0.25, 0.3) is 0 Å². The van der Waals surface area contributed by atoms with Crippen molar-refractivity contribution in [1.29, 1.82) is 0 Å². The third-order valence-electron chi connectivity index (χ3n) is 4.38. The van der Waals surface area contributed by atoms with Crippen molar-refractivity contribution >= 4 is 23.2 Å². The Bertz CT molecular complexity index is 442. The molecule has 1 aromatic carbocycles. The molecule has 2 unspecified atom stereocenters. The highest BCUT2D eigenvalue weighted by Crippen LogP contribution is 2.37. The highest BCUT2D eigenvalue weighted by Gasteiger charge is 2.33. The Morgan fingerprint density at radius 1 is 1.26 bits per heavy atom. The summed E-state index contributed by atoms with van der Waals surface area (Å²) in [6.45, 7) is 6.88. The van der Waals surface area contributed by atoms with Crippen molar-refractivity contribution in [1.82, 2.24) is 5.32 Å². The molecule has 3 heteroatoms. The van der Waals surface area contributed by atoms with Gasteiger partial charge in [0.15, 0.2) is 0 Å². The molecular weight excluding hydrogens is 277 g/mol. The van der Waals surface area contributed by atoms with E-state index in [0.717, 1.165) is 15.6 Å². The van der Waals surface area contributed by atoms with Crippen molar-refractivity contribution in [3.63, 3.8) is 0 Å². The maximum Gasteiger partial charge on any atom is 0.0454 e. The molecule has 0 bridgehead atoms. The van der Waals surface area contributed by atoms with Gasteiger partial charge in [0, 0.05) is 22.1 Å². The van der Waals surface area contributed by atoms with Crippen molar-refractivity contribution < 1.29 is 0 Å². The molecule has 0 aromatic heterocycles. The Morgan fingerprint density at radius 3 is 2.68 bits per heavy atom. The molecule has 0 radical (unpaired) electrons. The summed E-state index contributed by atoms with van der Waals surface area (Å²) in [7, 11) is 0. The van der Waals surface area contributed by atoms with E-state index in [9.17, 15) is 0 Å². The van der Waals surface area contributed by atoms with Crippen LogP contribution in [0.25, 0.3) is 0 Å². The van der Waals surface area contributed by atoms with E-state index >= 15 is 0 Å². The zero-order valence-corrected chi connectivity index (χ0v) is 13.5. The van der Waals surface area contributed by atoms with Crippen LogP contribution in [0.4, 0.5) is 0 Å². The maximum absolute atomic E-state index is 6.28. The van der Waals surface area contributed by atoms with Crippen molar-refractivity contribution in [2.45, 2.75) is 58.5 Å². The first-order chi connectivity index (χ1) is 8.90. The van der Waals surface area contributed by atoms with Crippen molar-refractivity contribution in [3.05, 3.63) is 33.8 Å². The molecule has 0 aliphatic heterocycles. The van der Waals surface area contributed by atoms with E-state index in [4.69, 9.17) is 23.2 Å². The fourth-order valence-electron chi connectivity index (χ4n) is 3.04. The van der Waals surface area contributed by atoms with Gasteiger partial charge in [0.2, 0.25) is 0 Å². The van der Waals surface area contributed by atoms with Crippen molar-refractivity contribution in [2.75, 3.05) is 0 Å². The molecule has 2 atom stereocenters. The highest BCUT2D eigenvalue weighted by atomic mass is 35.5. The molecule has 0 heterocycles. The van der Waals surface area contributed by atoms with E-state index in [1.807, 2.05) is 18.2 Å². The third kappa shape index (κ3) is 3.65. The topological polar surface area (TPSA) is 12.0 Å². The van der Waals surface area contributed by atoms with Crippen LogP contribution in [-0.4, -0.2) is 6.04 Å². The first kappa shape index (κ1) is 15.2. The molecule has 0 saturated heterocycles. The molecule has 1 fully saturated rings. The molecule has 1 aromatic rings. The second-order valence-corrected chi connectivity index (χ2v) is 7.18. The molecule has 1 aliphatic rings. The van der Waals surface area contributed by atoms with Crippen molar-refractivity contribution in [3.8, 4) is 0 Å². The quantitative estimate of drug-likeness (QED) is 0.764. The van der Waals surface area contributed by atoms with Gasteiger partial charge in [-0.15, -0.1) is 0 Å². The van der Waals surface area contributed by atoms with Gasteiger partial charge < -0.3 is 5.32 Å². The lowest BCUT2D eigenvalue weighted by Crippen LogP contribution is -2.45. The van der Waals surface area contributed by atoms with Gasteiger partial charge in [-0.25, -0.2) is 0 Å². The summed E-state index contributed by atoms with van der Waals surface area (Å²) in [5.74, 6) is 0. The average Bonchev–Trinajstić information content (AvgIpc) is 2.34. The fourth-order valence-corrected chi connectivity index (χ4v) is 3.50. The van der Waals surface area contributed by atoms with Crippen LogP contribution in [0.15, 0.2) is 18.2 Å². The molecular formula is C16H23Cl2N. The fraction of sp³-hybridized carbons (Fsp3) is 0.625. The number of benzene rings is 1. The molecule has 1 saturated carbocycles. The Hall–Kier alpha value is -0.240. The lowest BCUT2D eigenvalue weighted by Gasteiger charge is -2.41. The molecule has 106 valence electrons. The normalized spacial score (nSPS) is 24.2. The third-order valence-corrected chi connectivity index (χ3v) is 4.96. The van der Waals surface area contributed by atoms with Gasteiger partial charge in [0.1, 0.15) is 0 Å². The van der Waals surface area contributed by atoms with Gasteiger partial charge in [0.05, 0.1) is 0 Å². The lowest BCUT2D eigenvalue weighted by atomic mass is 9.73. The van der Waals surface area contributed by atoms with E-state index in [0.29, 0.717) is 11.5 Å². The van der Waals surface area contributed by atoms with E-state index in [-0.39, 0.29) is 6.04 Å². The Morgan fingerprint density at radius 2 is 2.00 bits per heavy atom. The van der Waals surface area contributed by atoms with Gasteiger partial charge in [-0.2, -0.15) is 0 Å². The van der Waals surface area contributed by atoms with Crippen LogP contribution in [0.1, 0.15) is 58.1 Å². The largest absolute Gasteiger partial charge is 0.307 e. The summed E-state index contributed by atoms with van der Waals surface area (Å²) in [4.78, 5) is 0. The number of nitrogens with one attached hydrogen (secondary N) is 1. The molecule has 19 heavy (non-hydrogen) atoms. The Labute approximate surface area is 126 Å². The van der Waals surface area contributed by atoms with Crippen LogP contribution >= 0.6 is 23.2 Å². The second-order valence-electron chi connectivity index (χ2n) is 6.34. The summed E-state index contributed by atoms with van der Waals surface area (Å²) in [5, 5.41) is 5.29. The first-order valence-electron chi connectivity index (χ1n) is 7.11. The maximum atomic E-state index is 6.28. The molecule has 1 aliphatic carbocycles. The predicted molar refractivity (Wildman–Crippen MR) is 84.0 cm³/mol. The van der Waals surface area contributed by atoms with E-state index < -0.39 is 0 Å². The molecule has 0 amide bonds. The minimum Gasteiger partial charge on any atom is -0.307 e. The lowest BCUT2D eigenvalue weighted by molar-refractivity contribution is 0.157. The first-order valence-corrected chi connectivity index (χ1v) is 7.87. The van der Waals surface area contributed by atoms with Crippen LogP contribution in [0, 0.1) is 5.41 Å². The Kier molecular flexibility index (Phi) is 4.81. The smallest absolute Gasteiger partial charge is 0.0454 e. The standard InChI is InChI=1S/C16H23Cl2N/c1-11(13-10-12(17)7-8-14(13)18)19-15-6-4-5-9-16(15,2)3/h7-8,10-11,15,19H,4-6,9H2,1-3H3. The zero-order valence-electron chi connectivity index (χ0n) is 12.0. The van der Waals surface area contributed by atoms with Crippen LogP contribution in [0.5, 0.6) is 0 Å².